The Hall–Kier alpha value is -3.28. The van der Waals surface area contributed by atoms with Crippen LogP contribution in [0.5, 0.6) is 0 Å². The number of hydrogen-bond donors (Lipinski definition) is 2. The highest BCUT2D eigenvalue weighted by Gasteiger charge is 2.21. The molecule has 3 rings (SSSR count). The third-order valence-electron chi connectivity index (χ3n) is 6.56. The maximum Gasteiger partial charge on any atom is 0.292 e. The summed E-state index contributed by atoms with van der Waals surface area (Å²) in [6.07, 6.45) is 2.12. The second-order valence-electron chi connectivity index (χ2n) is 9.90. The third kappa shape index (κ3) is 8.74. The van der Waals surface area contributed by atoms with Crippen LogP contribution in [0.1, 0.15) is 12.8 Å². The SMILES string of the molecule is C[N+](C)(CCCN1CCN(CCCNc2ccc([N+](=O)[O-])cc2)C1)CCNc1ccccc1[N+](=O)[O-]. The summed E-state index contributed by atoms with van der Waals surface area (Å²) in [6, 6.07) is 13.3. The molecule has 11 heteroatoms. The molecule has 2 aromatic carbocycles. The summed E-state index contributed by atoms with van der Waals surface area (Å²) in [5, 5.41) is 28.5. The summed E-state index contributed by atoms with van der Waals surface area (Å²) < 4.78 is 0.861. The number of nitrogens with one attached hydrogen (secondary N) is 2. The van der Waals surface area contributed by atoms with Crippen LogP contribution in [0.2, 0.25) is 0 Å². The van der Waals surface area contributed by atoms with Gasteiger partial charge in [-0.05, 0) is 24.6 Å². The maximum atomic E-state index is 11.2. The average Bonchev–Trinajstić information content (AvgIpc) is 3.29. The van der Waals surface area contributed by atoms with Gasteiger partial charge in [-0.3, -0.25) is 30.0 Å². The van der Waals surface area contributed by atoms with Crippen LogP contribution in [0.15, 0.2) is 48.5 Å². The van der Waals surface area contributed by atoms with E-state index in [1.165, 1.54) is 18.2 Å². The summed E-state index contributed by atoms with van der Waals surface area (Å²) in [4.78, 5) is 26.1. The van der Waals surface area contributed by atoms with Gasteiger partial charge < -0.3 is 15.1 Å². The van der Waals surface area contributed by atoms with Gasteiger partial charge in [0.25, 0.3) is 11.4 Å². The van der Waals surface area contributed by atoms with Crippen molar-refractivity contribution in [3.8, 4) is 0 Å². The van der Waals surface area contributed by atoms with Gasteiger partial charge in [0.1, 0.15) is 5.69 Å². The number of anilines is 2. The van der Waals surface area contributed by atoms with Crippen LogP contribution >= 0.6 is 0 Å². The van der Waals surface area contributed by atoms with Gasteiger partial charge in [-0.15, -0.1) is 0 Å². The van der Waals surface area contributed by atoms with E-state index in [1.807, 2.05) is 6.07 Å². The van der Waals surface area contributed by atoms with Crippen LogP contribution in [0, 0.1) is 20.2 Å². The number of nitrogens with zero attached hydrogens (tertiary/aromatic N) is 5. The molecule has 11 nitrogen and oxygen atoms in total. The second kappa shape index (κ2) is 13.1. The number of para-hydroxylation sites is 2. The van der Waals surface area contributed by atoms with E-state index in [9.17, 15) is 20.2 Å². The third-order valence-corrected chi connectivity index (χ3v) is 6.56. The molecule has 0 aliphatic carbocycles. The minimum Gasteiger partial charge on any atom is -0.385 e. The Morgan fingerprint density at radius 3 is 2.17 bits per heavy atom. The first-order chi connectivity index (χ1) is 17.2. The molecule has 0 bridgehead atoms. The van der Waals surface area contributed by atoms with Crippen molar-refractivity contribution in [3.63, 3.8) is 0 Å². The van der Waals surface area contributed by atoms with E-state index in [-0.39, 0.29) is 21.2 Å². The highest BCUT2D eigenvalue weighted by Crippen LogP contribution is 2.23. The molecule has 0 amide bonds. The molecule has 36 heavy (non-hydrogen) atoms. The minimum absolute atomic E-state index is 0.107. The Bertz CT molecular complexity index is 1000. The van der Waals surface area contributed by atoms with E-state index >= 15 is 0 Å². The van der Waals surface area contributed by atoms with Crippen molar-refractivity contribution in [2.75, 3.05) is 83.8 Å². The normalized spacial score (nSPS) is 14.6. The van der Waals surface area contributed by atoms with E-state index in [0.717, 1.165) is 75.5 Å². The fraction of sp³-hybridized carbons (Fsp3) is 0.520. The Morgan fingerprint density at radius 2 is 1.50 bits per heavy atom. The summed E-state index contributed by atoms with van der Waals surface area (Å²) >= 11 is 0. The predicted molar refractivity (Wildman–Crippen MR) is 142 cm³/mol. The molecule has 1 saturated heterocycles. The summed E-state index contributed by atoms with van der Waals surface area (Å²) in [5.41, 5.74) is 1.70. The van der Waals surface area contributed by atoms with Crippen LogP contribution in [0.3, 0.4) is 0 Å². The van der Waals surface area contributed by atoms with Crippen molar-refractivity contribution in [3.05, 3.63) is 68.8 Å². The molecule has 2 aromatic rings. The van der Waals surface area contributed by atoms with Gasteiger partial charge in [0, 0.05) is 63.0 Å². The maximum absolute atomic E-state index is 11.2. The number of quaternary nitrogens is 1. The van der Waals surface area contributed by atoms with Gasteiger partial charge in [0.05, 0.1) is 50.2 Å². The van der Waals surface area contributed by atoms with Crippen LogP contribution in [0.25, 0.3) is 0 Å². The molecule has 1 fully saturated rings. The van der Waals surface area contributed by atoms with Crippen molar-refractivity contribution in [1.82, 2.24) is 9.80 Å². The number of non-ortho nitro benzene ring substituents is 1. The lowest BCUT2D eigenvalue weighted by Gasteiger charge is -2.30. The first-order valence-corrected chi connectivity index (χ1v) is 12.5. The number of likely N-dealkylation sites (N-methyl/N-ethyl adjacent to an activating group) is 1. The van der Waals surface area contributed by atoms with Crippen molar-refractivity contribution in [2.45, 2.75) is 12.8 Å². The number of benzene rings is 2. The highest BCUT2D eigenvalue weighted by molar-refractivity contribution is 5.61. The van der Waals surface area contributed by atoms with Crippen LogP contribution < -0.4 is 10.6 Å². The van der Waals surface area contributed by atoms with Crippen molar-refractivity contribution < 1.29 is 14.3 Å². The molecule has 0 atom stereocenters. The average molecular weight is 501 g/mol. The van der Waals surface area contributed by atoms with Crippen molar-refractivity contribution in [2.24, 2.45) is 0 Å². The number of rotatable bonds is 15. The number of nitro benzene ring substituents is 2. The zero-order valence-electron chi connectivity index (χ0n) is 21.3. The first-order valence-electron chi connectivity index (χ1n) is 12.5. The summed E-state index contributed by atoms with van der Waals surface area (Å²) in [7, 11) is 4.41. The van der Waals surface area contributed by atoms with Crippen LogP contribution in [0.4, 0.5) is 22.7 Å². The Balaban J connectivity index is 1.27. The molecule has 196 valence electrons. The molecule has 0 radical (unpaired) electrons. The monoisotopic (exact) mass is 500 g/mol. The molecule has 0 spiro atoms. The number of nitro groups is 2. The summed E-state index contributed by atoms with van der Waals surface area (Å²) in [5.74, 6) is 0. The first kappa shape index (κ1) is 27.3. The van der Waals surface area contributed by atoms with Gasteiger partial charge in [-0.25, -0.2) is 0 Å². The lowest BCUT2D eigenvalue weighted by atomic mass is 10.2. The predicted octanol–water partition coefficient (Wildman–Crippen LogP) is 3.46. The highest BCUT2D eigenvalue weighted by atomic mass is 16.6. The van der Waals surface area contributed by atoms with E-state index in [2.05, 4.69) is 34.5 Å². The molecule has 1 heterocycles. The van der Waals surface area contributed by atoms with Gasteiger partial charge in [0.15, 0.2) is 0 Å². The van der Waals surface area contributed by atoms with E-state index < -0.39 is 0 Å². The van der Waals surface area contributed by atoms with Crippen molar-refractivity contribution in [1.29, 1.82) is 0 Å². The molecule has 1 aliphatic rings. The fourth-order valence-corrected chi connectivity index (χ4v) is 4.42. The Morgan fingerprint density at radius 1 is 0.833 bits per heavy atom. The van der Waals surface area contributed by atoms with Crippen molar-refractivity contribution >= 4 is 22.7 Å². The minimum atomic E-state index is -0.387. The van der Waals surface area contributed by atoms with E-state index in [1.54, 1.807) is 24.3 Å². The zero-order valence-corrected chi connectivity index (χ0v) is 21.3. The van der Waals surface area contributed by atoms with E-state index in [0.29, 0.717) is 12.2 Å². The molecule has 0 unspecified atom stereocenters. The smallest absolute Gasteiger partial charge is 0.292 e. The molecule has 0 saturated carbocycles. The fourth-order valence-electron chi connectivity index (χ4n) is 4.42. The van der Waals surface area contributed by atoms with Gasteiger partial charge in [-0.2, -0.15) is 0 Å². The summed E-state index contributed by atoms with van der Waals surface area (Å²) in [6.45, 7) is 8.70. The zero-order chi connectivity index (χ0) is 26.0. The molecule has 1 aliphatic heterocycles. The van der Waals surface area contributed by atoms with Gasteiger partial charge in [0.2, 0.25) is 0 Å². The van der Waals surface area contributed by atoms with Gasteiger partial charge in [-0.1, -0.05) is 12.1 Å². The van der Waals surface area contributed by atoms with Crippen LogP contribution in [-0.4, -0.2) is 97.3 Å². The lowest BCUT2D eigenvalue weighted by molar-refractivity contribution is -0.888. The Kier molecular flexibility index (Phi) is 9.97. The quantitative estimate of drug-likeness (QED) is 0.165. The van der Waals surface area contributed by atoms with Crippen LogP contribution in [-0.2, 0) is 0 Å². The standard InChI is InChI=1S/C25H38N7O4/c1-32(2,20-14-27-24-7-3-4-8-25(24)31(35)36)19-6-16-29-18-17-28(21-29)15-5-13-26-22-9-11-23(12-10-22)30(33)34/h3-4,7-12,26-27H,5-6,13-21H2,1-2H3/q+1. The Labute approximate surface area is 212 Å². The lowest BCUT2D eigenvalue weighted by Crippen LogP contribution is -2.44. The van der Waals surface area contributed by atoms with Gasteiger partial charge >= 0.3 is 0 Å². The molecule has 2 N–H and O–H groups in total. The molecular formula is C25H38N7O4+. The topological polar surface area (TPSA) is 117 Å². The van der Waals surface area contributed by atoms with E-state index in [4.69, 9.17) is 0 Å². The number of hydrogen-bond acceptors (Lipinski definition) is 8. The second-order valence-corrected chi connectivity index (χ2v) is 9.90. The molecular weight excluding hydrogens is 462 g/mol. The molecule has 0 aromatic heterocycles. The largest absolute Gasteiger partial charge is 0.385 e.